The van der Waals surface area contributed by atoms with Gasteiger partial charge in [0.25, 0.3) is 0 Å². The summed E-state index contributed by atoms with van der Waals surface area (Å²) in [7, 11) is 0. The fourth-order valence-electron chi connectivity index (χ4n) is 3.93. The molecular formula is C27H28O4. The van der Waals surface area contributed by atoms with Gasteiger partial charge >= 0.3 is 5.97 Å². The molecule has 3 rings (SSSR count). The minimum absolute atomic E-state index is 0.0179. The van der Waals surface area contributed by atoms with Crippen molar-refractivity contribution < 1.29 is 19.8 Å². The maximum atomic E-state index is 12.6. The first-order valence-corrected chi connectivity index (χ1v) is 10.5. The lowest BCUT2D eigenvalue weighted by Gasteiger charge is -2.22. The molecule has 4 heteroatoms. The minimum atomic E-state index is -1.02. The Morgan fingerprint density at radius 2 is 1.55 bits per heavy atom. The Bertz CT molecular complexity index is 1140. The van der Waals surface area contributed by atoms with Crippen LogP contribution in [0.5, 0.6) is 5.75 Å². The van der Waals surface area contributed by atoms with Crippen molar-refractivity contribution in [3.8, 4) is 5.75 Å². The Labute approximate surface area is 183 Å². The van der Waals surface area contributed by atoms with Gasteiger partial charge in [-0.15, -0.1) is 0 Å². The number of hydrogen-bond donors (Lipinski definition) is 2. The van der Waals surface area contributed by atoms with Crippen LogP contribution in [0.2, 0.25) is 0 Å². The second-order valence-electron chi connectivity index (χ2n) is 8.51. The van der Waals surface area contributed by atoms with Gasteiger partial charge in [-0.3, -0.25) is 4.79 Å². The number of aromatic carboxylic acids is 1. The molecule has 0 aliphatic heterocycles. The van der Waals surface area contributed by atoms with E-state index in [1.54, 1.807) is 36.4 Å². The number of carbonyl (C=O) groups is 2. The molecular weight excluding hydrogens is 388 g/mol. The molecule has 0 spiro atoms. The van der Waals surface area contributed by atoms with Crippen molar-refractivity contribution in [1.82, 2.24) is 0 Å². The van der Waals surface area contributed by atoms with E-state index in [0.29, 0.717) is 11.1 Å². The molecule has 1 aliphatic carbocycles. The molecule has 4 nitrogen and oxygen atoms in total. The van der Waals surface area contributed by atoms with Crippen LogP contribution in [0, 0.1) is 5.92 Å². The summed E-state index contributed by atoms with van der Waals surface area (Å²) in [4.78, 5) is 24.6. The highest BCUT2D eigenvalue weighted by Crippen LogP contribution is 2.38. The summed E-state index contributed by atoms with van der Waals surface area (Å²) < 4.78 is 0. The number of hydrogen-bond acceptors (Lipinski definition) is 3. The average molecular weight is 417 g/mol. The van der Waals surface area contributed by atoms with Crippen LogP contribution in [0.15, 0.2) is 71.3 Å². The highest BCUT2D eigenvalue weighted by molar-refractivity contribution is 6.09. The highest BCUT2D eigenvalue weighted by atomic mass is 16.4. The summed E-state index contributed by atoms with van der Waals surface area (Å²) in [6.45, 7) is 9.81. The molecule has 1 aliphatic rings. The number of allylic oxidation sites excluding steroid dienone is 5. The van der Waals surface area contributed by atoms with E-state index < -0.39 is 5.97 Å². The summed E-state index contributed by atoms with van der Waals surface area (Å²) in [5.74, 6) is -0.700. The molecule has 0 bridgehead atoms. The number of rotatable bonds is 5. The summed E-state index contributed by atoms with van der Waals surface area (Å²) >= 11 is 0. The standard InChI is InChI=1S/C27H28O4/c1-15(2)21-13-18(10-11-24(21)28)26(19-8-6-7-9-20(19)27(30)31)23-14-22(16(3)4)25(29)12-17(23)5/h6-16,28H,1-5H3,(H,30,31). The third-order valence-electron chi connectivity index (χ3n) is 5.61. The molecule has 0 radical (unpaired) electrons. The summed E-state index contributed by atoms with van der Waals surface area (Å²) in [5, 5.41) is 20.2. The fourth-order valence-corrected chi connectivity index (χ4v) is 3.93. The first-order valence-electron chi connectivity index (χ1n) is 10.5. The number of phenolic OH excluding ortho intramolecular Hbond substituents is 1. The number of carbonyl (C=O) groups excluding carboxylic acids is 1. The number of phenols is 1. The molecule has 31 heavy (non-hydrogen) atoms. The van der Waals surface area contributed by atoms with Gasteiger partial charge in [0, 0.05) is 5.57 Å². The van der Waals surface area contributed by atoms with E-state index in [4.69, 9.17) is 0 Å². The van der Waals surface area contributed by atoms with E-state index in [2.05, 4.69) is 0 Å². The van der Waals surface area contributed by atoms with E-state index in [9.17, 15) is 19.8 Å². The molecule has 0 saturated carbocycles. The van der Waals surface area contributed by atoms with Crippen molar-refractivity contribution in [1.29, 1.82) is 0 Å². The van der Waals surface area contributed by atoms with Gasteiger partial charge in [-0.05, 0) is 82.5 Å². The molecule has 160 valence electrons. The minimum Gasteiger partial charge on any atom is -0.508 e. The van der Waals surface area contributed by atoms with E-state index in [1.807, 2.05) is 52.8 Å². The molecule has 0 heterocycles. The molecule has 0 fully saturated rings. The Morgan fingerprint density at radius 3 is 2.13 bits per heavy atom. The van der Waals surface area contributed by atoms with E-state index in [-0.39, 0.29) is 28.9 Å². The number of carboxylic acids is 1. The van der Waals surface area contributed by atoms with Crippen molar-refractivity contribution in [2.45, 2.75) is 40.5 Å². The van der Waals surface area contributed by atoms with E-state index in [1.165, 1.54) is 0 Å². The first kappa shape index (κ1) is 22.3. The van der Waals surface area contributed by atoms with Gasteiger partial charge in [0.15, 0.2) is 5.78 Å². The van der Waals surface area contributed by atoms with E-state index in [0.717, 1.165) is 27.8 Å². The predicted octanol–water partition coefficient (Wildman–Crippen LogP) is 6.13. The van der Waals surface area contributed by atoms with Gasteiger partial charge in [-0.25, -0.2) is 4.79 Å². The van der Waals surface area contributed by atoms with Crippen LogP contribution >= 0.6 is 0 Å². The number of ketones is 1. The Kier molecular flexibility index (Phi) is 6.30. The van der Waals surface area contributed by atoms with Gasteiger partial charge in [-0.1, -0.05) is 52.0 Å². The van der Waals surface area contributed by atoms with Gasteiger partial charge in [0.2, 0.25) is 0 Å². The van der Waals surface area contributed by atoms with Crippen molar-refractivity contribution in [2.24, 2.45) is 5.92 Å². The molecule has 0 atom stereocenters. The summed E-state index contributed by atoms with van der Waals surface area (Å²) in [6, 6.07) is 12.2. The lowest BCUT2D eigenvalue weighted by atomic mass is 9.81. The van der Waals surface area contributed by atoms with Crippen LogP contribution in [0.25, 0.3) is 5.57 Å². The average Bonchev–Trinajstić information content (AvgIpc) is 2.70. The zero-order valence-corrected chi connectivity index (χ0v) is 18.6. The lowest BCUT2D eigenvalue weighted by molar-refractivity contribution is -0.111. The second-order valence-corrected chi connectivity index (χ2v) is 8.51. The summed E-state index contributed by atoms with van der Waals surface area (Å²) in [5.41, 5.74) is 5.37. The van der Waals surface area contributed by atoms with Gasteiger partial charge in [0.1, 0.15) is 5.75 Å². The van der Waals surface area contributed by atoms with Crippen LogP contribution in [-0.2, 0) is 4.79 Å². The molecule has 2 aromatic rings. The van der Waals surface area contributed by atoms with Crippen molar-refractivity contribution in [3.05, 3.63) is 93.6 Å². The number of carboxylic acid groups (broad SMARTS) is 1. The van der Waals surface area contributed by atoms with E-state index >= 15 is 0 Å². The quantitative estimate of drug-likeness (QED) is 0.615. The first-order chi connectivity index (χ1) is 14.6. The second kappa shape index (κ2) is 8.76. The smallest absolute Gasteiger partial charge is 0.336 e. The SMILES string of the molecule is CC1=CC(=O)C(C(C)C)=CC1=C(c1ccc(O)c(C(C)C)c1)c1ccccc1C(=O)O. The van der Waals surface area contributed by atoms with Crippen LogP contribution in [0.1, 0.15) is 67.6 Å². The molecule has 0 amide bonds. The molecule has 0 saturated heterocycles. The molecule has 0 unspecified atom stereocenters. The largest absolute Gasteiger partial charge is 0.508 e. The fraction of sp³-hybridized carbons (Fsp3) is 0.259. The van der Waals surface area contributed by atoms with Crippen LogP contribution < -0.4 is 0 Å². The third kappa shape index (κ3) is 4.38. The van der Waals surface area contributed by atoms with Crippen LogP contribution in [0.3, 0.4) is 0 Å². The van der Waals surface area contributed by atoms with Crippen LogP contribution in [0.4, 0.5) is 0 Å². The topological polar surface area (TPSA) is 74.6 Å². The molecule has 2 aromatic carbocycles. The maximum Gasteiger partial charge on any atom is 0.336 e. The number of benzene rings is 2. The predicted molar refractivity (Wildman–Crippen MR) is 123 cm³/mol. The zero-order valence-electron chi connectivity index (χ0n) is 18.6. The lowest BCUT2D eigenvalue weighted by Crippen LogP contribution is -2.13. The normalized spacial score (nSPS) is 15.8. The monoisotopic (exact) mass is 416 g/mol. The van der Waals surface area contributed by atoms with Crippen molar-refractivity contribution in [3.63, 3.8) is 0 Å². The van der Waals surface area contributed by atoms with Crippen LogP contribution in [-0.4, -0.2) is 22.0 Å². The van der Waals surface area contributed by atoms with Crippen molar-refractivity contribution in [2.75, 3.05) is 0 Å². The molecule has 0 aromatic heterocycles. The van der Waals surface area contributed by atoms with Crippen molar-refractivity contribution >= 4 is 17.3 Å². The van der Waals surface area contributed by atoms with Gasteiger partial charge < -0.3 is 10.2 Å². The Balaban J connectivity index is 2.44. The molecule has 2 N–H and O–H groups in total. The van der Waals surface area contributed by atoms with Gasteiger partial charge in [-0.2, -0.15) is 0 Å². The number of aromatic hydroxyl groups is 1. The Morgan fingerprint density at radius 1 is 0.903 bits per heavy atom. The summed E-state index contributed by atoms with van der Waals surface area (Å²) in [6.07, 6.45) is 3.51. The zero-order chi connectivity index (χ0) is 22.9. The maximum absolute atomic E-state index is 12.6. The Hall–Kier alpha value is -3.40. The third-order valence-corrected chi connectivity index (χ3v) is 5.61. The highest BCUT2D eigenvalue weighted by Gasteiger charge is 2.24. The van der Waals surface area contributed by atoms with Gasteiger partial charge in [0.05, 0.1) is 5.56 Å².